The molecule has 0 aromatic heterocycles. The van der Waals surface area contributed by atoms with Crippen molar-refractivity contribution in [3.8, 4) is 0 Å². The molecule has 1 aliphatic heterocycles. The summed E-state index contributed by atoms with van der Waals surface area (Å²) in [5.41, 5.74) is 2.24. The topological polar surface area (TPSA) is 41.1 Å². The summed E-state index contributed by atoms with van der Waals surface area (Å²) in [6.07, 6.45) is 3.10. The van der Waals surface area contributed by atoms with E-state index in [2.05, 4.69) is 43.5 Å². The molecule has 3 heteroatoms. The standard InChI is InChI=1S/C17H26N2O/c1-12(2)7-6-10-18-17(20)15-11-13(3)19-16-9-5-4-8-14(15)16/h4-5,8-9,12-13,15,19H,6-7,10-11H2,1-3H3,(H,18,20)/t13-,15+/m1/s1. The van der Waals surface area contributed by atoms with Gasteiger partial charge in [0.05, 0.1) is 5.92 Å². The van der Waals surface area contributed by atoms with Crippen LogP contribution in [0.5, 0.6) is 0 Å². The first kappa shape index (κ1) is 14.9. The van der Waals surface area contributed by atoms with Gasteiger partial charge in [0, 0.05) is 18.3 Å². The van der Waals surface area contributed by atoms with Crippen LogP contribution in [0.2, 0.25) is 0 Å². The van der Waals surface area contributed by atoms with Gasteiger partial charge in [-0.3, -0.25) is 4.79 Å². The Morgan fingerprint density at radius 3 is 2.90 bits per heavy atom. The summed E-state index contributed by atoms with van der Waals surface area (Å²) >= 11 is 0. The smallest absolute Gasteiger partial charge is 0.227 e. The third-order valence-electron chi connectivity index (χ3n) is 3.90. The van der Waals surface area contributed by atoms with E-state index in [1.54, 1.807) is 0 Å². The van der Waals surface area contributed by atoms with Gasteiger partial charge in [-0.15, -0.1) is 0 Å². The molecule has 1 amide bonds. The first-order valence-corrected chi connectivity index (χ1v) is 7.71. The Hall–Kier alpha value is -1.51. The van der Waals surface area contributed by atoms with Crippen LogP contribution in [0.1, 0.15) is 51.5 Å². The van der Waals surface area contributed by atoms with E-state index in [1.165, 1.54) is 6.42 Å². The first-order valence-electron chi connectivity index (χ1n) is 7.71. The molecule has 1 aromatic rings. The maximum Gasteiger partial charge on any atom is 0.227 e. The van der Waals surface area contributed by atoms with E-state index < -0.39 is 0 Å². The predicted molar refractivity (Wildman–Crippen MR) is 84.0 cm³/mol. The minimum Gasteiger partial charge on any atom is -0.382 e. The number of benzene rings is 1. The predicted octanol–water partition coefficient (Wildman–Crippen LogP) is 3.53. The van der Waals surface area contributed by atoms with Gasteiger partial charge in [-0.2, -0.15) is 0 Å². The van der Waals surface area contributed by atoms with Gasteiger partial charge in [-0.25, -0.2) is 0 Å². The van der Waals surface area contributed by atoms with Gasteiger partial charge in [-0.1, -0.05) is 32.0 Å². The van der Waals surface area contributed by atoms with Crippen molar-refractivity contribution in [3.63, 3.8) is 0 Å². The van der Waals surface area contributed by atoms with Crippen molar-refractivity contribution in [3.05, 3.63) is 29.8 Å². The second-order valence-electron chi connectivity index (χ2n) is 6.25. The zero-order valence-corrected chi connectivity index (χ0v) is 12.8. The van der Waals surface area contributed by atoms with Gasteiger partial charge in [0.25, 0.3) is 0 Å². The Morgan fingerprint density at radius 1 is 1.40 bits per heavy atom. The Kier molecular flexibility index (Phi) is 5.05. The Morgan fingerprint density at radius 2 is 2.15 bits per heavy atom. The van der Waals surface area contributed by atoms with E-state index in [4.69, 9.17) is 0 Å². The Labute approximate surface area is 122 Å². The molecular weight excluding hydrogens is 248 g/mol. The number of rotatable bonds is 5. The Bertz CT molecular complexity index is 456. The SMILES string of the molecule is CC(C)CCCNC(=O)[C@H]1C[C@@H](C)Nc2ccccc21. The molecular formula is C17H26N2O. The number of carbonyl (C=O) groups excluding carboxylic acids is 1. The van der Waals surface area contributed by atoms with E-state index in [1.807, 2.05) is 12.1 Å². The number of amides is 1. The van der Waals surface area contributed by atoms with Gasteiger partial charge in [-0.05, 0) is 43.7 Å². The number of carbonyl (C=O) groups is 1. The molecule has 1 heterocycles. The zero-order valence-electron chi connectivity index (χ0n) is 12.8. The van der Waals surface area contributed by atoms with Crippen molar-refractivity contribution in [2.24, 2.45) is 5.92 Å². The highest BCUT2D eigenvalue weighted by Crippen LogP contribution is 2.34. The molecule has 3 nitrogen and oxygen atoms in total. The van der Waals surface area contributed by atoms with E-state index in [0.717, 1.165) is 30.6 Å². The molecule has 0 saturated heterocycles. The molecule has 0 bridgehead atoms. The van der Waals surface area contributed by atoms with E-state index in [9.17, 15) is 4.79 Å². The number of para-hydroxylation sites is 1. The molecule has 0 radical (unpaired) electrons. The van der Waals surface area contributed by atoms with Gasteiger partial charge < -0.3 is 10.6 Å². The van der Waals surface area contributed by atoms with Crippen LogP contribution < -0.4 is 10.6 Å². The minimum absolute atomic E-state index is 0.0125. The van der Waals surface area contributed by atoms with Crippen LogP contribution in [-0.4, -0.2) is 18.5 Å². The summed E-state index contributed by atoms with van der Waals surface area (Å²) in [7, 11) is 0. The van der Waals surface area contributed by atoms with E-state index >= 15 is 0 Å². The van der Waals surface area contributed by atoms with Crippen LogP contribution in [0.25, 0.3) is 0 Å². The molecule has 2 atom stereocenters. The molecule has 0 aliphatic carbocycles. The average molecular weight is 274 g/mol. The third-order valence-corrected chi connectivity index (χ3v) is 3.90. The van der Waals surface area contributed by atoms with Crippen LogP contribution in [0.3, 0.4) is 0 Å². The van der Waals surface area contributed by atoms with E-state index in [0.29, 0.717) is 12.0 Å². The summed E-state index contributed by atoms with van der Waals surface area (Å²) < 4.78 is 0. The number of hydrogen-bond donors (Lipinski definition) is 2. The lowest BCUT2D eigenvalue weighted by atomic mass is 9.87. The fourth-order valence-corrected chi connectivity index (χ4v) is 2.83. The molecule has 0 spiro atoms. The zero-order chi connectivity index (χ0) is 14.5. The minimum atomic E-state index is -0.0125. The number of fused-ring (bicyclic) bond motifs is 1. The number of hydrogen-bond acceptors (Lipinski definition) is 2. The molecule has 1 aromatic carbocycles. The van der Waals surface area contributed by atoms with Crippen molar-refractivity contribution >= 4 is 11.6 Å². The van der Waals surface area contributed by atoms with E-state index in [-0.39, 0.29) is 11.8 Å². The highest BCUT2D eigenvalue weighted by molar-refractivity contribution is 5.86. The second kappa shape index (κ2) is 6.78. The average Bonchev–Trinajstić information content (AvgIpc) is 2.42. The van der Waals surface area contributed by atoms with Gasteiger partial charge in [0.2, 0.25) is 5.91 Å². The van der Waals surface area contributed by atoms with Crippen LogP contribution in [0.15, 0.2) is 24.3 Å². The maximum absolute atomic E-state index is 12.4. The summed E-state index contributed by atoms with van der Waals surface area (Å²) in [4.78, 5) is 12.4. The summed E-state index contributed by atoms with van der Waals surface area (Å²) in [5, 5.41) is 6.55. The number of anilines is 1. The van der Waals surface area contributed by atoms with Crippen LogP contribution in [0, 0.1) is 5.92 Å². The third kappa shape index (κ3) is 3.75. The van der Waals surface area contributed by atoms with Crippen molar-refractivity contribution < 1.29 is 4.79 Å². The number of nitrogens with one attached hydrogen (secondary N) is 2. The molecule has 0 fully saturated rings. The van der Waals surface area contributed by atoms with Crippen molar-refractivity contribution in [2.75, 3.05) is 11.9 Å². The summed E-state index contributed by atoms with van der Waals surface area (Å²) in [5.74, 6) is 0.864. The van der Waals surface area contributed by atoms with Gasteiger partial charge >= 0.3 is 0 Å². The second-order valence-corrected chi connectivity index (χ2v) is 6.25. The molecule has 1 aliphatic rings. The molecule has 2 N–H and O–H groups in total. The Balaban J connectivity index is 1.96. The van der Waals surface area contributed by atoms with Crippen LogP contribution in [-0.2, 0) is 4.79 Å². The molecule has 20 heavy (non-hydrogen) atoms. The molecule has 2 rings (SSSR count). The fourth-order valence-electron chi connectivity index (χ4n) is 2.83. The normalized spacial score (nSPS) is 21.2. The van der Waals surface area contributed by atoms with Crippen molar-refractivity contribution in [2.45, 2.75) is 52.0 Å². The highest BCUT2D eigenvalue weighted by atomic mass is 16.1. The van der Waals surface area contributed by atoms with Crippen molar-refractivity contribution in [1.29, 1.82) is 0 Å². The summed E-state index contributed by atoms with van der Waals surface area (Å²) in [6.45, 7) is 7.35. The molecule has 0 saturated carbocycles. The quantitative estimate of drug-likeness (QED) is 0.807. The fraction of sp³-hybridized carbons (Fsp3) is 0.588. The molecule has 0 unspecified atom stereocenters. The van der Waals surface area contributed by atoms with Crippen molar-refractivity contribution in [1.82, 2.24) is 5.32 Å². The van der Waals surface area contributed by atoms with Gasteiger partial charge in [0.1, 0.15) is 0 Å². The van der Waals surface area contributed by atoms with Gasteiger partial charge in [0.15, 0.2) is 0 Å². The van der Waals surface area contributed by atoms with Crippen LogP contribution >= 0.6 is 0 Å². The largest absolute Gasteiger partial charge is 0.382 e. The van der Waals surface area contributed by atoms with Crippen LogP contribution in [0.4, 0.5) is 5.69 Å². The lowest BCUT2D eigenvalue weighted by Crippen LogP contribution is -2.36. The lowest BCUT2D eigenvalue weighted by molar-refractivity contribution is -0.122. The molecule has 110 valence electrons. The first-order chi connectivity index (χ1) is 9.58. The maximum atomic E-state index is 12.4. The summed E-state index contributed by atoms with van der Waals surface area (Å²) in [6, 6.07) is 8.49. The highest BCUT2D eigenvalue weighted by Gasteiger charge is 2.29. The monoisotopic (exact) mass is 274 g/mol. The lowest BCUT2D eigenvalue weighted by Gasteiger charge is -2.30.